The van der Waals surface area contributed by atoms with Crippen molar-refractivity contribution in [1.29, 1.82) is 0 Å². The summed E-state index contributed by atoms with van der Waals surface area (Å²) in [6, 6.07) is -0.719. The smallest absolute Gasteiger partial charge is 0.237 e. The first kappa shape index (κ1) is 26.2. The summed E-state index contributed by atoms with van der Waals surface area (Å²) in [7, 11) is 0. The van der Waals surface area contributed by atoms with Crippen LogP contribution in [0.4, 0.5) is 0 Å². The summed E-state index contributed by atoms with van der Waals surface area (Å²) in [5.41, 5.74) is -0.648. The van der Waals surface area contributed by atoms with Crippen LogP contribution in [0.2, 0.25) is 0 Å². The lowest BCUT2D eigenvalue weighted by Crippen LogP contribution is -2.65. The number of piperidine rings is 1. The Morgan fingerprint density at radius 1 is 1.23 bits per heavy atom. The van der Waals surface area contributed by atoms with Gasteiger partial charge in [-0.25, -0.2) is 0 Å². The molecular weight excluding hydrogens is 424 g/mol. The maximum absolute atomic E-state index is 13.0. The molecule has 2 heterocycles. The number of hydrogen-bond donors (Lipinski definition) is 5. The Labute approximate surface area is 189 Å². The largest absolute Gasteiger partial charge is 0.388 e. The molecule has 9 heteroatoms. The number of rotatable bonds is 10. The first-order valence-electron chi connectivity index (χ1n) is 11.1. The fourth-order valence-electron chi connectivity index (χ4n) is 4.33. The Hall–Kier alpha value is -0.0300. The summed E-state index contributed by atoms with van der Waals surface area (Å²) in [6.45, 7) is 6.91. The van der Waals surface area contributed by atoms with E-state index in [0.29, 0.717) is 5.92 Å². The number of thioether (sulfide) groups is 2. The Bertz CT molecular complexity index is 526. The third-order valence-corrected chi connectivity index (χ3v) is 7.99. The molecule has 2 aliphatic rings. The van der Waals surface area contributed by atoms with E-state index in [0.717, 1.165) is 31.6 Å². The zero-order valence-corrected chi connectivity index (χ0v) is 20.3. The molecule has 1 amide bonds. The quantitative estimate of drug-likeness (QED) is 0.307. The van der Waals surface area contributed by atoms with Crippen LogP contribution in [-0.4, -0.2) is 87.5 Å². The second-order valence-electron chi connectivity index (χ2n) is 8.69. The van der Waals surface area contributed by atoms with Crippen LogP contribution in [0.5, 0.6) is 0 Å². The predicted octanol–water partition coefficient (Wildman–Crippen LogP) is 1.20. The fraction of sp³-hybridized carbons (Fsp3) is 0.952. The molecule has 0 aromatic rings. The van der Waals surface area contributed by atoms with Gasteiger partial charge >= 0.3 is 0 Å². The fourth-order valence-corrected chi connectivity index (χ4v) is 5.67. The summed E-state index contributed by atoms with van der Waals surface area (Å²) in [4.78, 5) is 13.0. The molecule has 0 unspecified atom stereocenters. The van der Waals surface area contributed by atoms with E-state index in [1.165, 1.54) is 23.9 Å². The van der Waals surface area contributed by atoms with Gasteiger partial charge in [-0.2, -0.15) is 11.8 Å². The van der Waals surface area contributed by atoms with Crippen molar-refractivity contribution in [3.63, 3.8) is 0 Å². The molecule has 0 bridgehead atoms. The molecule has 0 saturated carbocycles. The standard InChI is InChI=1S/C21H40N2O5S2/c1-5-30-10-6-7-13-8-9-22-14(11-13)20(27)23-15(12(2)3)19-17(25)16(24)18(26)21(28-19)29-4/h12-19,21-22,24-26H,5-11H2,1-4H3,(H,23,27)/t13-,14+,15-,16+,17-,18-,19-,21-/m1/s1. The Morgan fingerprint density at radius 3 is 2.60 bits per heavy atom. The molecule has 7 nitrogen and oxygen atoms in total. The van der Waals surface area contributed by atoms with Crippen molar-refractivity contribution >= 4 is 29.4 Å². The van der Waals surface area contributed by atoms with E-state index in [1.807, 2.05) is 25.6 Å². The van der Waals surface area contributed by atoms with Crippen molar-refractivity contribution in [2.24, 2.45) is 11.8 Å². The van der Waals surface area contributed by atoms with Crippen LogP contribution in [0.3, 0.4) is 0 Å². The molecule has 5 N–H and O–H groups in total. The first-order chi connectivity index (χ1) is 14.3. The van der Waals surface area contributed by atoms with Crippen LogP contribution in [0.1, 0.15) is 46.5 Å². The molecule has 30 heavy (non-hydrogen) atoms. The van der Waals surface area contributed by atoms with Gasteiger partial charge in [0, 0.05) is 0 Å². The second-order valence-corrected chi connectivity index (χ2v) is 11.0. The monoisotopic (exact) mass is 464 g/mol. The van der Waals surface area contributed by atoms with Crippen molar-refractivity contribution in [2.45, 2.75) is 88.4 Å². The van der Waals surface area contributed by atoms with Crippen molar-refractivity contribution in [3.05, 3.63) is 0 Å². The minimum Gasteiger partial charge on any atom is -0.388 e. The maximum atomic E-state index is 13.0. The van der Waals surface area contributed by atoms with Crippen LogP contribution in [0.15, 0.2) is 0 Å². The highest BCUT2D eigenvalue weighted by molar-refractivity contribution is 7.99. The molecular formula is C21H40N2O5S2. The second kappa shape index (κ2) is 12.9. The topological polar surface area (TPSA) is 111 Å². The highest BCUT2D eigenvalue weighted by Crippen LogP contribution is 2.30. The Morgan fingerprint density at radius 2 is 1.97 bits per heavy atom. The van der Waals surface area contributed by atoms with E-state index in [-0.39, 0.29) is 17.9 Å². The first-order valence-corrected chi connectivity index (χ1v) is 13.6. The molecule has 0 spiro atoms. The van der Waals surface area contributed by atoms with Gasteiger partial charge in [0.1, 0.15) is 29.9 Å². The molecule has 0 aromatic carbocycles. The van der Waals surface area contributed by atoms with Gasteiger partial charge in [0.15, 0.2) is 0 Å². The van der Waals surface area contributed by atoms with Crippen LogP contribution in [-0.2, 0) is 9.53 Å². The lowest BCUT2D eigenvalue weighted by molar-refractivity contribution is -0.208. The van der Waals surface area contributed by atoms with Crippen LogP contribution in [0.25, 0.3) is 0 Å². The van der Waals surface area contributed by atoms with E-state index in [4.69, 9.17) is 4.74 Å². The number of aliphatic hydroxyl groups is 3. The van der Waals surface area contributed by atoms with Crippen molar-refractivity contribution in [3.8, 4) is 0 Å². The van der Waals surface area contributed by atoms with Gasteiger partial charge < -0.3 is 30.7 Å². The zero-order valence-electron chi connectivity index (χ0n) is 18.6. The molecule has 2 rings (SSSR count). The highest BCUT2D eigenvalue weighted by atomic mass is 32.2. The summed E-state index contributed by atoms with van der Waals surface area (Å²) in [6.07, 6.45) is 1.51. The molecule has 2 saturated heterocycles. The number of aliphatic hydroxyl groups excluding tert-OH is 3. The Kier molecular flexibility index (Phi) is 11.2. The van der Waals surface area contributed by atoms with Gasteiger partial charge in [-0.1, -0.05) is 20.8 Å². The van der Waals surface area contributed by atoms with Crippen molar-refractivity contribution in [1.82, 2.24) is 10.6 Å². The van der Waals surface area contributed by atoms with E-state index in [2.05, 4.69) is 17.6 Å². The van der Waals surface area contributed by atoms with Crippen molar-refractivity contribution < 1.29 is 24.9 Å². The lowest BCUT2D eigenvalue weighted by atomic mass is 9.86. The number of ether oxygens (including phenoxy) is 1. The highest BCUT2D eigenvalue weighted by Gasteiger charge is 2.47. The van der Waals surface area contributed by atoms with E-state index in [9.17, 15) is 20.1 Å². The number of amides is 1. The summed E-state index contributed by atoms with van der Waals surface area (Å²) in [5.74, 6) is 2.77. The number of carbonyl (C=O) groups excluding carboxylic acids is 1. The van der Waals surface area contributed by atoms with Crippen molar-refractivity contribution in [2.75, 3.05) is 24.3 Å². The van der Waals surface area contributed by atoms with Gasteiger partial charge in [0.05, 0.1) is 12.1 Å². The molecule has 0 aromatic heterocycles. The third kappa shape index (κ3) is 6.98. The molecule has 2 aliphatic heterocycles. The number of hydrogen-bond acceptors (Lipinski definition) is 8. The summed E-state index contributed by atoms with van der Waals surface area (Å²) < 4.78 is 5.90. The summed E-state index contributed by atoms with van der Waals surface area (Å²) in [5, 5.41) is 37.3. The van der Waals surface area contributed by atoms with E-state index >= 15 is 0 Å². The van der Waals surface area contributed by atoms with Gasteiger partial charge in [-0.05, 0) is 61.8 Å². The molecule has 0 radical (unpaired) electrons. The van der Waals surface area contributed by atoms with Gasteiger partial charge in [-0.15, -0.1) is 11.8 Å². The van der Waals surface area contributed by atoms with E-state index < -0.39 is 35.9 Å². The minimum atomic E-state index is -1.31. The zero-order chi connectivity index (χ0) is 22.3. The number of carbonyl (C=O) groups is 1. The molecule has 8 atom stereocenters. The number of nitrogens with one attached hydrogen (secondary N) is 2. The summed E-state index contributed by atoms with van der Waals surface area (Å²) >= 11 is 3.24. The van der Waals surface area contributed by atoms with Gasteiger partial charge in [0.2, 0.25) is 5.91 Å². The molecule has 176 valence electrons. The SMILES string of the molecule is CCSCCC[C@@H]1CCN[C@H](C(=O)N[C@H](C(C)C)[C@H]2O[C@H](SC)[C@H](O)[C@@H](O)[C@H]2O)C1. The van der Waals surface area contributed by atoms with Gasteiger partial charge in [-0.3, -0.25) is 4.79 Å². The van der Waals surface area contributed by atoms with Gasteiger partial charge in [0.25, 0.3) is 0 Å². The maximum Gasteiger partial charge on any atom is 0.237 e. The normalized spacial score (nSPS) is 35.9. The molecule has 2 fully saturated rings. The van der Waals surface area contributed by atoms with Crippen LogP contribution < -0.4 is 10.6 Å². The van der Waals surface area contributed by atoms with Crippen LogP contribution in [0, 0.1) is 11.8 Å². The molecule has 0 aliphatic carbocycles. The lowest BCUT2D eigenvalue weighted by Gasteiger charge is -2.44. The average molecular weight is 465 g/mol. The average Bonchev–Trinajstić information content (AvgIpc) is 2.74. The predicted molar refractivity (Wildman–Crippen MR) is 124 cm³/mol. The van der Waals surface area contributed by atoms with Crippen LogP contribution >= 0.6 is 23.5 Å². The third-order valence-electron chi connectivity index (χ3n) is 6.15. The Balaban J connectivity index is 1.97. The van der Waals surface area contributed by atoms with E-state index in [1.54, 1.807) is 6.26 Å². The minimum absolute atomic E-state index is 0.0102.